The summed E-state index contributed by atoms with van der Waals surface area (Å²) in [4.78, 5) is 0. The zero-order valence-electron chi connectivity index (χ0n) is 8.24. The first-order valence-corrected chi connectivity index (χ1v) is 4.27. The highest BCUT2D eigenvalue weighted by molar-refractivity contribution is 5.15. The molecule has 13 heavy (non-hydrogen) atoms. The molecule has 0 aromatic heterocycles. The highest BCUT2D eigenvalue weighted by Gasteiger charge is 2.71. The van der Waals surface area contributed by atoms with Gasteiger partial charge in [0.25, 0.3) is 0 Å². The maximum absolute atomic E-state index is 12.2. The second-order valence-corrected chi connectivity index (χ2v) is 4.91. The molecule has 0 radical (unpaired) electrons. The van der Waals surface area contributed by atoms with Crippen molar-refractivity contribution in [3.8, 4) is 0 Å². The van der Waals surface area contributed by atoms with Crippen molar-refractivity contribution in [3.05, 3.63) is 0 Å². The molecule has 4 heteroatoms. The summed E-state index contributed by atoms with van der Waals surface area (Å²) in [5, 5.41) is 9.07. The smallest absolute Gasteiger partial charge is 0.383 e. The molecule has 0 heterocycles. The second-order valence-electron chi connectivity index (χ2n) is 4.91. The lowest BCUT2D eigenvalue weighted by atomic mass is 10.0. The topological polar surface area (TPSA) is 20.2 Å². The first-order valence-electron chi connectivity index (χ1n) is 4.27. The van der Waals surface area contributed by atoms with E-state index in [1.807, 2.05) is 0 Å². The van der Waals surface area contributed by atoms with Crippen LogP contribution in [0.25, 0.3) is 0 Å². The Morgan fingerprint density at radius 1 is 1.08 bits per heavy atom. The fourth-order valence-electron chi connectivity index (χ4n) is 2.23. The third-order valence-electron chi connectivity index (χ3n) is 3.78. The van der Waals surface area contributed by atoms with Crippen LogP contribution < -0.4 is 0 Å². The minimum absolute atomic E-state index is 0.429. The molecule has 0 saturated heterocycles. The Labute approximate surface area is 75.9 Å². The van der Waals surface area contributed by atoms with Crippen molar-refractivity contribution in [2.24, 2.45) is 16.7 Å². The molecule has 1 fully saturated rings. The number of rotatable bonds is 1. The van der Waals surface area contributed by atoms with Gasteiger partial charge in [-0.05, 0) is 10.8 Å². The number of aliphatic hydroxyl groups excluding tert-OH is 1. The molecule has 1 rings (SSSR count). The van der Waals surface area contributed by atoms with E-state index in [-0.39, 0.29) is 0 Å². The van der Waals surface area contributed by atoms with Gasteiger partial charge in [0.1, 0.15) is 0 Å². The van der Waals surface area contributed by atoms with Gasteiger partial charge in [0.05, 0.1) is 0 Å². The van der Waals surface area contributed by atoms with Crippen molar-refractivity contribution in [1.82, 2.24) is 0 Å². The van der Waals surface area contributed by atoms with Gasteiger partial charge in [-0.3, -0.25) is 0 Å². The molecule has 0 bridgehead atoms. The Bertz CT molecular complexity index is 203. The molecule has 0 aromatic carbocycles. The van der Waals surface area contributed by atoms with Crippen LogP contribution in [0.15, 0.2) is 0 Å². The predicted octanol–water partition coefficient (Wildman–Crippen LogP) is 2.59. The van der Waals surface area contributed by atoms with Gasteiger partial charge >= 0.3 is 6.18 Å². The van der Waals surface area contributed by atoms with Crippen LogP contribution in [-0.2, 0) is 0 Å². The van der Waals surface area contributed by atoms with E-state index < -0.39 is 29.0 Å². The van der Waals surface area contributed by atoms with E-state index in [4.69, 9.17) is 5.11 Å². The maximum atomic E-state index is 12.2. The molecule has 1 N–H and O–H groups in total. The minimum atomic E-state index is -4.49. The van der Waals surface area contributed by atoms with Crippen molar-refractivity contribution in [3.63, 3.8) is 0 Å². The van der Waals surface area contributed by atoms with Crippen molar-refractivity contribution in [2.45, 2.75) is 40.0 Å². The summed E-state index contributed by atoms with van der Waals surface area (Å²) in [5.74, 6) is -0.681. The summed E-state index contributed by atoms with van der Waals surface area (Å²) in [7, 11) is 0. The van der Waals surface area contributed by atoms with Gasteiger partial charge in [-0.1, -0.05) is 27.7 Å². The average Bonchev–Trinajstić information content (AvgIpc) is 2.21. The summed E-state index contributed by atoms with van der Waals surface area (Å²) in [6.07, 6.45) is -6.67. The number of halogens is 3. The van der Waals surface area contributed by atoms with Crippen LogP contribution in [0, 0.1) is 16.7 Å². The first kappa shape index (κ1) is 10.8. The van der Waals surface area contributed by atoms with Gasteiger partial charge in [-0.2, -0.15) is 13.2 Å². The normalized spacial score (nSPS) is 28.6. The molecule has 1 aliphatic carbocycles. The zero-order chi connectivity index (χ0) is 10.7. The minimum Gasteiger partial charge on any atom is -0.383 e. The summed E-state index contributed by atoms with van der Waals surface area (Å²) < 4.78 is 36.5. The highest BCUT2D eigenvalue weighted by Crippen LogP contribution is 2.70. The predicted molar refractivity (Wildman–Crippen MR) is 43.1 cm³/mol. The van der Waals surface area contributed by atoms with E-state index in [0.29, 0.717) is 0 Å². The van der Waals surface area contributed by atoms with Crippen LogP contribution >= 0.6 is 0 Å². The lowest BCUT2D eigenvalue weighted by molar-refractivity contribution is -0.214. The van der Waals surface area contributed by atoms with Crippen molar-refractivity contribution < 1.29 is 18.3 Å². The lowest BCUT2D eigenvalue weighted by Gasteiger charge is -2.16. The SMILES string of the molecule is CC1(C)C([C@@H](O)C(F)(F)F)C1(C)C. The monoisotopic (exact) mass is 196 g/mol. The van der Waals surface area contributed by atoms with Crippen molar-refractivity contribution in [1.29, 1.82) is 0 Å². The lowest BCUT2D eigenvalue weighted by Crippen LogP contribution is -2.32. The van der Waals surface area contributed by atoms with Crippen LogP contribution in [0.1, 0.15) is 27.7 Å². The van der Waals surface area contributed by atoms with Gasteiger partial charge in [-0.25, -0.2) is 0 Å². The van der Waals surface area contributed by atoms with Crippen LogP contribution in [0.3, 0.4) is 0 Å². The van der Waals surface area contributed by atoms with E-state index in [2.05, 4.69) is 0 Å². The van der Waals surface area contributed by atoms with E-state index in [9.17, 15) is 13.2 Å². The third kappa shape index (κ3) is 1.35. The molecule has 1 atom stereocenters. The molecule has 0 spiro atoms. The molecule has 1 saturated carbocycles. The Hall–Kier alpha value is -0.250. The Kier molecular flexibility index (Phi) is 2.01. The zero-order valence-corrected chi connectivity index (χ0v) is 8.24. The Morgan fingerprint density at radius 2 is 1.38 bits per heavy atom. The average molecular weight is 196 g/mol. The van der Waals surface area contributed by atoms with Gasteiger partial charge in [-0.15, -0.1) is 0 Å². The fraction of sp³-hybridized carbons (Fsp3) is 1.00. The second kappa shape index (κ2) is 2.41. The van der Waals surface area contributed by atoms with Gasteiger partial charge in [0.2, 0.25) is 0 Å². The summed E-state index contributed by atoms with van der Waals surface area (Å²) >= 11 is 0. The Morgan fingerprint density at radius 3 is 1.46 bits per heavy atom. The van der Waals surface area contributed by atoms with E-state index in [1.54, 1.807) is 27.7 Å². The number of hydrogen-bond acceptors (Lipinski definition) is 1. The van der Waals surface area contributed by atoms with E-state index >= 15 is 0 Å². The summed E-state index contributed by atoms with van der Waals surface area (Å²) in [6.45, 7) is 7.03. The van der Waals surface area contributed by atoms with Crippen LogP contribution in [0.2, 0.25) is 0 Å². The van der Waals surface area contributed by atoms with Gasteiger partial charge < -0.3 is 5.11 Å². The van der Waals surface area contributed by atoms with Crippen LogP contribution in [0.5, 0.6) is 0 Å². The molecule has 0 unspecified atom stereocenters. The van der Waals surface area contributed by atoms with Crippen LogP contribution in [-0.4, -0.2) is 17.4 Å². The maximum Gasteiger partial charge on any atom is 0.414 e. The number of alkyl halides is 3. The molecule has 1 aliphatic rings. The highest BCUT2D eigenvalue weighted by atomic mass is 19.4. The van der Waals surface area contributed by atoms with Crippen molar-refractivity contribution >= 4 is 0 Å². The summed E-state index contributed by atoms with van der Waals surface area (Å²) in [6, 6.07) is 0. The quantitative estimate of drug-likeness (QED) is 0.683. The fourth-order valence-corrected chi connectivity index (χ4v) is 2.23. The largest absolute Gasteiger partial charge is 0.414 e. The van der Waals surface area contributed by atoms with Gasteiger partial charge in [0, 0.05) is 5.92 Å². The van der Waals surface area contributed by atoms with E-state index in [1.165, 1.54) is 0 Å². The number of hydrogen-bond donors (Lipinski definition) is 1. The molecular weight excluding hydrogens is 181 g/mol. The van der Waals surface area contributed by atoms with E-state index in [0.717, 1.165) is 0 Å². The molecular formula is C9H15F3O. The molecule has 0 aromatic rings. The first-order chi connectivity index (χ1) is 5.53. The standard InChI is InChI=1S/C9H15F3O/c1-7(2)5(8(7,3)4)6(13)9(10,11)12/h5-6,13H,1-4H3/t6-/m1/s1. The number of aliphatic hydroxyl groups is 1. The molecule has 1 nitrogen and oxygen atoms in total. The molecule has 78 valence electrons. The van der Waals surface area contributed by atoms with Crippen molar-refractivity contribution in [2.75, 3.05) is 0 Å². The molecule has 0 aliphatic heterocycles. The third-order valence-corrected chi connectivity index (χ3v) is 3.78. The van der Waals surface area contributed by atoms with Crippen LogP contribution in [0.4, 0.5) is 13.2 Å². The molecule has 0 amide bonds. The summed E-state index contributed by atoms with van der Waals surface area (Å²) in [5.41, 5.74) is -0.857. The Balaban J connectivity index is 2.80. The van der Waals surface area contributed by atoms with Gasteiger partial charge in [0.15, 0.2) is 6.10 Å².